The van der Waals surface area contributed by atoms with Crippen molar-refractivity contribution < 1.29 is 4.84 Å². The summed E-state index contributed by atoms with van der Waals surface area (Å²) in [4.78, 5) is 13.2. The molecule has 124 valence electrons. The van der Waals surface area contributed by atoms with E-state index in [2.05, 4.69) is 40.7 Å². The molecule has 4 rings (SSSR count). The lowest BCUT2D eigenvalue weighted by atomic mass is 10.0. The summed E-state index contributed by atoms with van der Waals surface area (Å²) in [5.74, 6) is 0.795. The van der Waals surface area contributed by atoms with Gasteiger partial charge in [-0.3, -0.25) is 4.90 Å². The molecule has 0 saturated carbocycles. The third kappa shape index (κ3) is 3.31. The fraction of sp³-hybridized carbons (Fsp3) is 0.316. The fourth-order valence-electron chi connectivity index (χ4n) is 3.24. The van der Waals surface area contributed by atoms with Gasteiger partial charge in [0.05, 0.1) is 0 Å². The van der Waals surface area contributed by atoms with Crippen LogP contribution >= 0.6 is 11.6 Å². The van der Waals surface area contributed by atoms with Gasteiger partial charge in [-0.2, -0.15) is 0 Å². The summed E-state index contributed by atoms with van der Waals surface area (Å²) >= 11 is 5.95. The molecule has 0 radical (unpaired) electrons. The van der Waals surface area contributed by atoms with Gasteiger partial charge in [-0.15, -0.1) is 0 Å². The maximum absolute atomic E-state index is 5.95. The minimum absolute atomic E-state index is 0.428. The van der Waals surface area contributed by atoms with Crippen LogP contribution in [-0.2, 0) is 11.4 Å². The maximum Gasteiger partial charge on any atom is 0.190 e. The second-order valence-electron chi connectivity index (χ2n) is 6.38. The monoisotopic (exact) mass is 341 g/mol. The van der Waals surface area contributed by atoms with Gasteiger partial charge >= 0.3 is 0 Å². The Hall–Kier alpha value is -1.88. The molecule has 24 heavy (non-hydrogen) atoms. The number of hydrogen-bond donors (Lipinski definition) is 1. The van der Waals surface area contributed by atoms with Crippen molar-refractivity contribution >= 4 is 17.4 Å². The van der Waals surface area contributed by atoms with Crippen LogP contribution in [0.3, 0.4) is 0 Å². The van der Waals surface area contributed by atoms with E-state index in [1.54, 1.807) is 0 Å². The van der Waals surface area contributed by atoms with E-state index in [4.69, 9.17) is 21.4 Å². The van der Waals surface area contributed by atoms with Crippen LogP contribution in [0, 0.1) is 0 Å². The van der Waals surface area contributed by atoms with Crippen molar-refractivity contribution in [3.63, 3.8) is 0 Å². The predicted molar refractivity (Wildman–Crippen MR) is 95.9 cm³/mol. The van der Waals surface area contributed by atoms with Crippen LogP contribution in [0.15, 0.2) is 59.6 Å². The highest BCUT2D eigenvalue weighted by Crippen LogP contribution is 2.31. The third-order valence-electron chi connectivity index (χ3n) is 4.66. The predicted octanol–water partition coefficient (Wildman–Crippen LogP) is 3.61. The van der Waals surface area contributed by atoms with Gasteiger partial charge in [0.2, 0.25) is 0 Å². The highest BCUT2D eigenvalue weighted by Gasteiger charge is 2.40. The Morgan fingerprint density at radius 3 is 2.46 bits per heavy atom. The van der Waals surface area contributed by atoms with Gasteiger partial charge in [0.25, 0.3) is 0 Å². The van der Waals surface area contributed by atoms with Crippen LogP contribution in [0.2, 0.25) is 5.02 Å². The number of likely N-dealkylation sites (tertiary alicyclic amines) is 1. The molecule has 0 bridgehead atoms. The molecule has 1 spiro atoms. The fourth-order valence-corrected chi connectivity index (χ4v) is 3.37. The molecule has 0 amide bonds. The van der Waals surface area contributed by atoms with Crippen LogP contribution in [0.4, 0.5) is 0 Å². The number of piperidine rings is 1. The lowest BCUT2D eigenvalue weighted by Crippen LogP contribution is -2.44. The summed E-state index contributed by atoms with van der Waals surface area (Å²) in [6.07, 6.45) is 1.79. The summed E-state index contributed by atoms with van der Waals surface area (Å²) in [7, 11) is 0. The van der Waals surface area contributed by atoms with E-state index in [0.29, 0.717) is 0 Å². The van der Waals surface area contributed by atoms with E-state index >= 15 is 0 Å². The van der Waals surface area contributed by atoms with Crippen molar-refractivity contribution in [3.05, 3.63) is 70.7 Å². The Balaban J connectivity index is 1.41. The molecule has 2 aromatic carbocycles. The van der Waals surface area contributed by atoms with E-state index in [9.17, 15) is 0 Å². The smallest absolute Gasteiger partial charge is 0.190 e. The van der Waals surface area contributed by atoms with E-state index in [1.807, 2.05) is 24.3 Å². The lowest BCUT2D eigenvalue weighted by molar-refractivity contribution is -0.0901. The van der Waals surface area contributed by atoms with Crippen LogP contribution in [-0.4, -0.2) is 29.6 Å². The van der Waals surface area contributed by atoms with Crippen LogP contribution in [0.1, 0.15) is 24.0 Å². The zero-order chi connectivity index (χ0) is 16.4. The first kappa shape index (κ1) is 15.6. The Labute approximate surface area is 147 Å². The molecule has 1 fully saturated rings. The third-order valence-corrected chi connectivity index (χ3v) is 4.91. The highest BCUT2D eigenvalue weighted by atomic mass is 35.5. The number of hydroxylamine groups is 1. The van der Waals surface area contributed by atoms with E-state index in [1.165, 1.54) is 5.56 Å². The summed E-state index contributed by atoms with van der Waals surface area (Å²) in [6.45, 7) is 2.94. The number of halogens is 1. The van der Waals surface area contributed by atoms with Gasteiger partial charge in [0.15, 0.2) is 11.6 Å². The van der Waals surface area contributed by atoms with Crippen LogP contribution in [0.25, 0.3) is 0 Å². The van der Waals surface area contributed by atoms with Gasteiger partial charge in [-0.25, -0.2) is 15.3 Å². The molecular weight excluding hydrogens is 322 g/mol. The van der Waals surface area contributed by atoms with E-state index in [0.717, 1.165) is 48.9 Å². The molecule has 2 aromatic rings. The average Bonchev–Trinajstić information content (AvgIpc) is 3.03. The second-order valence-corrected chi connectivity index (χ2v) is 6.82. The molecule has 0 aromatic heterocycles. The highest BCUT2D eigenvalue weighted by molar-refractivity contribution is 6.30. The Kier molecular flexibility index (Phi) is 4.27. The normalized spacial score (nSPS) is 20.0. The molecule has 0 unspecified atom stereocenters. The summed E-state index contributed by atoms with van der Waals surface area (Å²) in [5, 5.41) is 0.724. The van der Waals surface area contributed by atoms with Gasteiger partial charge in [-0.1, -0.05) is 41.9 Å². The van der Waals surface area contributed by atoms with Gasteiger partial charge in [0.1, 0.15) is 0 Å². The molecule has 2 aliphatic rings. The van der Waals surface area contributed by atoms with E-state index < -0.39 is 5.72 Å². The topological polar surface area (TPSA) is 36.9 Å². The molecule has 4 nitrogen and oxygen atoms in total. The number of aliphatic imine (C=N–C) groups is 1. The zero-order valence-electron chi connectivity index (χ0n) is 13.4. The Morgan fingerprint density at radius 1 is 1.04 bits per heavy atom. The molecule has 5 heteroatoms. The van der Waals surface area contributed by atoms with Crippen molar-refractivity contribution in [1.29, 1.82) is 0 Å². The molecule has 2 aliphatic heterocycles. The molecule has 1 saturated heterocycles. The summed E-state index contributed by atoms with van der Waals surface area (Å²) in [6, 6.07) is 18.2. The largest absolute Gasteiger partial charge is 0.299 e. The molecule has 0 aliphatic carbocycles. The first-order valence-corrected chi connectivity index (χ1v) is 8.66. The quantitative estimate of drug-likeness (QED) is 0.926. The number of benzene rings is 2. The Bertz CT molecular complexity index is 722. The van der Waals surface area contributed by atoms with Crippen molar-refractivity contribution in [2.75, 3.05) is 13.1 Å². The van der Waals surface area contributed by atoms with Gasteiger partial charge in [-0.05, 0) is 29.8 Å². The van der Waals surface area contributed by atoms with Gasteiger partial charge < -0.3 is 0 Å². The summed E-state index contributed by atoms with van der Waals surface area (Å²) in [5.41, 5.74) is 4.93. The van der Waals surface area contributed by atoms with Crippen LogP contribution in [0.5, 0.6) is 0 Å². The lowest BCUT2D eigenvalue weighted by Gasteiger charge is -2.35. The minimum atomic E-state index is -0.428. The maximum atomic E-state index is 5.95. The Morgan fingerprint density at radius 2 is 1.75 bits per heavy atom. The number of nitrogens with zero attached hydrogens (tertiary/aromatic N) is 2. The molecular formula is C19H20ClN3O. The first-order valence-electron chi connectivity index (χ1n) is 8.29. The van der Waals surface area contributed by atoms with Crippen molar-refractivity contribution in [1.82, 2.24) is 10.4 Å². The van der Waals surface area contributed by atoms with Crippen molar-refractivity contribution in [2.45, 2.75) is 25.1 Å². The molecule has 0 atom stereocenters. The summed E-state index contributed by atoms with van der Waals surface area (Å²) < 4.78 is 0. The first-order chi connectivity index (χ1) is 11.7. The average molecular weight is 342 g/mol. The standard InChI is InChI=1S/C19H20ClN3O/c20-17-8-6-16(7-9-17)18-21-19(24-22-18)10-12-23(13-11-19)14-15-4-2-1-3-5-15/h1-9H,10-14H2,(H,21,22). The van der Waals surface area contributed by atoms with Crippen molar-refractivity contribution in [3.8, 4) is 0 Å². The number of amidine groups is 1. The number of hydrogen-bond acceptors (Lipinski definition) is 4. The minimum Gasteiger partial charge on any atom is -0.299 e. The molecule has 2 heterocycles. The number of rotatable bonds is 3. The van der Waals surface area contributed by atoms with Crippen LogP contribution < -0.4 is 5.48 Å². The second kappa shape index (κ2) is 6.55. The van der Waals surface area contributed by atoms with E-state index in [-0.39, 0.29) is 0 Å². The SMILES string of the molecule is Clc1ccc(C2=NC3(CCN(Cc4ccccc4)CC3)ON2)cc1. The molecule has 1 N–H and O–H groups in total. The van der Waals surface area contributed by atoms with Crippen molar-refractivity contribution in [2.24, 2.45) is 4.99 Å². The number of nitrogens with one attached hydrogen (secondary N) is 1. The zero-order valence-corrected chi connectivity index (χ0v) is 14.2. The van der Waals surface area contributed by atoms with Gasteiger partial charge in [0, 0.05) is 43.1 Å².